The third-order valence-corrected chi connectivity index (χ3v) is 3.87. The molecule has 6 heteroatoms. The van der Waals surface area contributed by atoms with E-state index in [9.17, 15) is 0 Å². The van der Waals surface area contributed by atoms with E-state index in [0.29, 0.717) is 19.6 Å². The van der Waals surface area contributed by atoms with Gasteiger partial charge in [0.2, 0.25) is 0 Å². The van der Waals surface area contributed by atoms with Gasteiger partial charge in [0.15, 0.2) is 0 Å². The highest BCUT2D eigenvalue weighted by atomic mass is 16.5. The smallest absolute Gasteiger partial charge is 0.135 e. The third-order valence-electron chi connectivity index (χ3n) is 3.87. The summed E-state index contributed by atoms with van der Waals surface area (Å²) in [6.45, 7) is 2.09. The second-order valence-corrected chi connectivity index (χ2v) is 5.44. The van der Waals surface area contributed by atoms with Crippen LogP contribution in [0, 0.1) is 5.41 Å². The number of aryl methyl sites for hydroxylation is 1. The standard InChI is InChI=1S/C15H25N5O/c1-21-10-9-20(8-7-14(16)17)15-12-5-3-2-4-6-13(12)18-11-19-15/h11H,2-10H2,1H3,(H3,16,17). The summed E-state index contributed by atoms with van der Waals surface area (Å²) in [7, 11) is 1.70. The Hall–Kier alpha value is -1.69. The largest absolute Gasteiger partial charge is 0.388 e. The van der Waals surface area contributed by atoms with Crippen molar-refractivity contribution >= 4 is 11.7 Å². The van der Waals surface area contributed by atoms with Crippen LogP contribution in [0.4, 0.5) is 5.82 Å². The maximum atomic E-state index is 7.44. The molecular formula is C15H25N5O. The van der Waals surface area contributed by atoms with Gasteiger partial charge in [-0.15, -0.1) is 0 Å². The lowest BCUT2D eigenvalue weighted by Crippen LogP contribution is -2.32. The first-order valence-electron chi connectivity index (χ1n) is 7.62. The summed E-state index contributed by atoms with van der Waals surface area (Å²) in [5, 5.41) is 7.44. The molecule has 3 N–H and O–H groups in total. The number of rotatable bonds is 7. The molecule has 0 unspecified atom stereocenters. The Kier molecular flexibility index (Phi) is 5.92. The van der Waals surface area contributed by atoms with Crippen LogP contribution in [0.5, 0.6) is 0 Å². The first-order chi connectivity index (χ1) is 10.2. The van der Waals surface area contributed by atoms with E-state index in [-0.39, 0.29) is 5.84 Å². The van der Waals surface area contributed by atoms with Crippen LogP contribution in [0.25, 0.3) is 0 Å². The molecular weight excluding hydrogens is 266 g/mol. The van der Waals surface area contributed by atoms with Crippen LogP contribution in [0.15, 0.2) is 6.33 Å². The van der Waals surface area contributed by atoms with Crippen LogP contribution in [0.1, 0.15) is 36.9 Å². The number of aromatic nitrogens is 2. The molecule has 1 aromatic rings. The minimum Gasteiger partial charge on any atom is -0.388 e. The third kappa shape index (κ3) is 4.39. The molecule has 0 radical (unpaired) electrons. The molecule has 116 valence electrons. The van der Waals surface area contributed by atoms with Crippen LogP contribution < -0.4 is 10.6 Å². The topological polar surface area (TPSA) is 88.1 Å². The normalized spacial score (nSPS) is 14.3. The molecule has 1 heterocycles. The van der Waals surface area contributed by atoms with Gasteiger partial charge in [-0.05, 0) is 25.7 Å². The molecule has 0 fully saturated rings. The van der Waals surface area contributed by atoms with Crippen molar-refractivity contribution in [1.82, 2.24) is 9.97 Å². The molecule has 21 heavy (non-hydrogen) atoms. The van der Waals surface area contributed by atoms with Crippen LogP contribution in [-0.4, -0.2) is 42.6 Å². The summed E-state index contributed by atoms with van der Waals surface area (Å²) in [4.78, 5) is 11.2. The Bertz CT molecular complexity index is 477. The minimum absolute atomic E-state index is 0.206. The highest BCUT2D eigenvalue weighted by molar-refractivity contribution is 5.77. The predicted molar refractivity (Wildman–Crippen MR) is 83.9 cm³/mol. The Morgan fingerprint density at radius 2 is 2.10 bits per heavy atom. The van der Waals surface area contributed by atoms with Crippen molar-refractivity contribution in [1.29, 1.82) is 5.41 Å². The van der Waals surface area contributed by atoms with Crippen LogP contribution in [0.2, 0.25) is 0 Å². The average molecular weight is 291 g/mol. The predicted octanol–water partition coefficient (Wildman–Crippen LogP) is 1.52. The zero-order chi connectivity index (χ0) is 15.1. The van der Waals surface area contributed by atoms with Gasteiger partial charge in [-0.2, -0.15) is 0 Å². The quantitative estimate of drug-likeness (QED) is 0.452. The van der Waals surface area contributed by atoms with E-state index >= 15 is 0 Å². The molecule has 0 spiro atoms. The van der Waals surface area contributed by atoms with Crippen molar-refractivity contribution in [2.45, 2.75) is 38.5 Å². The number of nitrogens with one attached hydrogen (secondary N) is 1. The van der Waals surface area contributed by atoms with Gasteiger partial charge in [-0.1, -0.05) is 6.42 Å². The SMILES string of the molecule is COCCN(CCC(=N)N)c1ncnc2c1CCCCC2. The number of nitrogens with zero attached hydrogens (tertiary/aromatic N) is 3. The molecule has 0 aliphatic heterocycles. The van der Waals surface area contributed by atoms with Gasteiger partial charge in [0.1, 0.15) is 12.1 Å². The maximum Gasteiger partial charge on any atom is 0.135 e. The van der Waals surface area contributed by atoms with E-state index in [0.717, 1.165) is 25.2 Å². The zero-order valence-electron chi connectivity index (χ0n) is 12.8. The Balaban J connectivity index is 2.23. The fourth-order valence-corrected chi connectivity index (χ4v) is 2.73. The number of hydrogen-bond donors (Lipinski definition) is 2. The Morgan fingerprint density at radius 1 is 1.29 bits per heavy atom. The highest BCUT2D eigenvalue weighted by Crippen LogP contribution is 2.26. The van der Waals surface area contributed by atoms with Crippen LogP contribution in [0.3, 0.4) is 0 Å². The second-order valence-electron chi connectivity index (χ2n) is 5.44. The number of ether oxygens (including phenoxy) is 1. The van der Waals surface area contributed by atoms with Gasteiger partial charge in [0.25, 0.3) is 0 Å². The van der Waals surface area contributed by atoms with Crippen molar-refractivity contribution in [2.24, 2.45) is 5.73 Å². The van der Waals surface area contributed by atoms with Crippen molar-refractivity contribution in [2.75, 3.05) is 31.7 Å². The lowest BCUT2D eigenvalue weighted by Gasteiger charge is -2.26. The fraction of sp³-hybridized carbons (Fsp3) is 0.667. The molecule has 0 saturated heterocycles. The summed E-state index contributed by atoms with van der Waals surface area (Å²) in [5.74, 6) is 1.21. The van der Waals surface area contributed by atoms with E-state index in [1.54, 1.807) is 13.4 Å². The van der Waals surface area contributed by atoms with Gasteiger partial charge in [0.05, 0.1) is 12.4 Å². The van der Waals surface area contributed by atoms with Crippen LogP contribution >= 0.6 is 0 Å². The summed E-state index contributed by atoms with van der Waals surface area (Å²) in [6.07, 6.45) is 7.93. The van der Waals surface area contributed by atoms with Gasteiger partial charge >= 0.3 is 0 Å². The summed E-state index contributed by atoms with van der Waals surface area (Å²) in [5.41, 5.74) is 7.96. The monoisotopic (exact) mass is 291 g/mol. The highest BCUT2D eigenvalue weighted by Gasteiger charge is 2.18. The number of anilines is 1. The van der Waals surface area contributed by atoms with Gasteiger partial charge in [0, 0.05) is 37.9 Å². The molecule has 1 aliphatic carbocycles. The Labute approximate surface area is 126 Å². The maximum absolute atomic E-state index is 7.44. The first kappa shape index (κ1) is 15.7. The van der Waals surface area contributed by atoms with E-state index < -0.39 is 0 Å². The molecule has 6 nitrogen and oxygen atoms in total. The first-order valence-corrected chi connectivity index (χ1v) is 7.62. The number of methoxy groups -OCH3 is 1. The summed E-state index contributed by atoms with van der Waals surface area (Å²) < 4.78 is 5.20. The second kappa shape index (κ2) is 7.93. The van der Waals surface area contributed by atoms with E-state index in [1.807, 2.05) is 0 Å². The van der Waals surface area contributed by atoms with Gasteiger partial charge in [-0.3, -0.25) is 5.41 Å². The van der Waals surface area contributed by atoms with Gasteiger partial charge < -0.3 is 15.4 Å². The van der Waals surface area contributed by atoms with E-state index in [1.165, 1.54) is 30.5 Å². The number of fused-ring (bicyclic) bond motifs is 1. The molecule has 1 aliphatic rings. The summed E-state index contributed by atoms with van der Waals surface area (Å²) >= 11 is 0. The fourth-order valence-electron chi connectivity index (χ4n) is 2.73. The number of hydrogen-bond acceptors (Lipinski definition) is 5. The van der Waals surface area contributed by atoms with Gasteiger partial charge in [-0.25, -0.2) is 9.97 Å². The molecule has 0 atom stereocenters. The molecule has 1 aromatic heterocycles. The molecule has 0 aromatic carbocycles. The Morgan fingerprint density at radius 3 is 2.86 bits per heavy atom. The lowest BCUT2D eigenvalue weighted by molar-refractivity contribution is 0.205. The van der Waals surface area contributed by atoms with E-state index in [4.69, 9.17) is 15.9 Å². The molecule has 0 saturated carbocycles. The van der Waals surface area contributed by atoms with Crippen molar-refractivity contribution in [3.05, 3.63) is 17.6 Å². The summed E-state index contributed by atoms with van der Waals surface area (Å²) in [6, 6.07) is 0. The van der Waals surface area contributed by atoms with E-state index in [2.05, 4.69) is 14.9 Å². The average Bonchev–Trinajstić information content (AvgIpc) is 2.72. The lowest BCUT2D eigenvalue weighted by atomic mass is 10.1. The molecule has 0 amide bonds. The van der Waals surface area contributed by atoms with Crippen molar-refractivity contribution in [3.63, 3.8) is 0 Å². The minimum atomic E-state index is 0.206. The number of amidine groups is 1. The molecule has 0 bridgehead atoms. The zero-order valence-corrected chi connectivity index (χ0v) is 12.8. The van der Waals surface area contributed by atoms with Crippen LogP contribution in [-0.2, 0) is 17.6 Å². The van der Waals surface area contributed by atoms with Crippen molar-refractivity contribution < 1.29 is 4.74 Å². The number of nitrogens with two attached hydrogens (primary N) is 1. The van der Waals surface area contributed by atoms with Crippen molar-refractivity contribution in [3.8, 4) is 0 Å². The molecule has 2 rings (SSSR count).